The van der Waals surface area contributed by atoms with Crippen molar-refractivity contribution in [3.63, 3.8) is 0 Å². The topological polar surface area (TPSA) is 40.8 Å². The zero-order valence-corrected chi connectivity index (χ0v) is 31.7. The van der Waals surface area contributed by atoms with E-state index in [0.29, 0.717) is 19.8 Å². The first-order valence-corrected chi connectivity index (χ1v) is 18.9. The lowest BCUT2D eigenvalue weighted by Gasteiger charge is -2.23. The maximum absolute atomic E-state index is 6.61. The summed E-state index contributed by atoms with van der Waals surface area (Å²) in [6, 6.07) is 39.8. The highest BCUT2D eigenvalue weighted by Gasteiger charge is 2.31. The van der Waals surface area contributed by atoms with Crippen molar-refractivity contribution in [3.05, 3.63) is 149 Å². The minimum atomic E-state index is 0. The first kappa shape index (κ1) is 37.7. The van der Waals surface area contributed by atoms with Gasteiger partial charge in [0.05, 0.1) is 18.1 Å². The van der Waals surface area contributed by atoms with Gasteiger partial charge in [0.2, 0.25) is 5.69 Å². The second-order valence-corrected chi connectivity index (χ2v) is 13.8. The quantitative estimate of drug-likeness (QED) is 0.0706. The van der Waals surface area contributed by atoms with Crippen LogP contribution in [0, 0.1) is 0 Å². The van der Waals surface area contributed by atoms with Crippen LogP contribution in [-0.4, -0.2) is 7.11 Å². The molecule has 7 rings (SSSR count). The summed E-state index contributed by atoms with van der Waals surface area (Å²) in [5, 5.41) is 2.31. The lowest BCUT2D eigenvalue weighted by molar-refractivity contribution is -0.686. The van der Waals surface area contributed by atoms with Gasteiger partial charge in [0.1, 0.15) is 19.8 Å². The molecule has 1 aliphatic heterocycles. The fourth-order valence-electron chi connectivity index (χ4n) is 7.33. The van der Waals surface area contributed by atoms with E-state index in [-0.39, 0.29) is 12.4 Å². The number of methoxy groups -OCH3 is 1. The van der Waals surface area contributed by atoms with Crippen molar-refractivity contribution in [2.45, 2.75) is 84.7 Å². The van der Waals surface area contributed by atoms with Crippen molar-refractivity contribution in [2.75, 3.05) is 7.11 Å². The Morgan fingerprint density at radius 1 is 0.585 bits per heavy atom. The third-order valence-electron chi connectivity index (χ3n) is 10.1. The fourth-order valence-corrected chi connectivity index (χ4v) is 7.33. The van der Waals surface area contributed by atoms with Crippen molar-refractivity contribution < 1.29 is 35.9 Å². The second kappa shape index (κ2) is 18.7. The third kappa shape index (κ3) is 9.15. The normalized spacial score (nSPS) is 11.7. The number of nitrogens with zero attached hydrogens (tertiary/aromatic N) is 1. The molecular weight excluding hydrogens is 678 g/mol. The van der Waals surface area contributed by atoms with E-state index >= 15 is 0 Å². The summed E-state index contributed by atoms with van der Waals surface area (Å²) in [6.07, 6.45) is 11.6. The Bertz CT molecular complexity index is 2070. The maximum atomic E-state index is 6.61. The minimum absolute atomic E-state index is 0. The Hall–Kier alpha value is -5.00. The predicted molar refractivity (Wildman–Crippen MR) is 209 cm³/mol. The molecule has 5 nitrogen and oxygen atoms in total. The van der Waals surface area contributed by atoms with Crippen LogP contribution in [0.25, 0.3) is 22.0 Å². The van der Waals surface area contributed by atoms with Crippen LogP contribution in [0.1, 0.15) is 73.3 Å². The van der Waals surface area contributed by atoms with E-state index in [0.717, 1.165) is 70.9 Å². The molecule has 6 heteroatoms. The van der Waals surface area contributed by atoms with Crippen molar-refractivity contribution >= 4 is 10.8 Å². The molecule has 0 radical (unpaired) electrons. The summed E-state index contributed by atoms with van der Waals surface area (Å²) >= 11 is 0. The largest absolute Gasteiger partial charge is 1.00 e. The molecule has 0 spiro atoms. The molecule has 274 valence electrons. The molecule has 53 heavy (non-hydrogen) atoms. The van der Waals surface area contributed by atoms with Gasteiger partial charge in [0, 0.05) is 17.4 Å². The van der Waals surface area contributed by atoms with Crippen LogP contribution in [0.3, 0.4) is 0 Å². The SMILES string of the molecule is CCCCCCCCc1c2[n+](cc3c(OCc4ccccc4)c(OC)ccc13)CCc1cc(OCc3ccccc3)c(OCc3ccccc3)cc1-2.[Cl-]. The van der Waals surface area contributed by atoms with Gasteiger partial charge in [-0.25, -0.2) is 0 Å². The molecule has 2 heterocycles. The average Bonchev–Trinajstić information content (AvgIpc) is 3.20. The second-order valence-electron chi connectivity index (χ2n) is 13.8. The highest BCUT2D eigenvalue weighted by Crippen LogP contribution is 2.43. The summed E-state index contributed by atoms with van der Waals surface area (Å²) in [6.45, 7) is 4.56. The monoisotopic (exact) mass is 727 g/mol. The Morgan fingerprint density at radius 3 is 1.75 bits per heavy atom. The molecule has 5 aromatic carbocycles. The molecular formula is C47H50ClNO4. The van der Waals surface area contributed by atoms with Crippen LogP contribution in [-0.2, 0) is 39.2 Å². The van der Waals surface area contributed by atoms with E-state index < -0.39 is 0 Å². The molecule has 0 saturated carbocycles. The highest BCUT2D eigenvalue weighted by molar-refractivity contribution is 5.95. The fraction of sp³-hybridized carbons (Fsp3) is 0.298. The molecule has 0 fully saturated rings. The van der Waals surface area contributed by atoms with Gasteiger partial charge in [-0.1, -0.05) is 130 Å². The van der Waals surface area contributed by atoms with Gasteiger partial charge in [-0.15, -0.1) is 0 Å². The van der Waals surface area contributed by atoms with Crippen molar-refractivity contribution in [3.8, 4) is 34.3 Å². The Morgan fingerprint density at radius 2 is 1.15 bits per heavy atom. The van der Waals surface area contributed by atoms with E-state index in [1.54, 1.807) is 7.11 Å². The van der Waals surface area contributed by atoms with Crippen LogP contribution in [0.4, 0.5) is 0 Å². The lowest BCUT2D eigenvalue weighted by Crippen LogP contribution is -3.00. The predicted octanol–water partition coefficient (Wildman–Crippen LogP) is 8.00. The molecule has 0 amide bonds. The number of ether oxygens (including phenoxy) is 4. The summed E-state index contributed by atoms with van der Waals surface area (Å²) in [5.41, 5.74) is 8.49. The smallest absolute Gasteiger partial charge is 0.216 e. The number of halogens is 1. The molecule has 1 aliphatic rings. The summed E-state index contributed by atoms with van der Waals surface area (Å²) in [5.74, 6) is 3.10. The van der Waals surface area contributed by atoms with Crippen LogP contribution < -0.4 is 35.9 Å². The molecule has 1 aromatic heterocycles. The van der Waals surface area contributed by atoms with Crippen molar-refractivity contribution in [2.24, 2.45) is 0 Å². The van der Waals surface area contributed by atoms with E-state index in [9.17, 15) is 0 Å². The Kier molecular flexibility index (Phi) is 13.3. The van der Waals surface area contributed by atoms with Crippen LogP contribution in [0.5, 0.6) is 23.0 Å². The van der Waals surface area contributed by atoms with Gasteiger partial charge in [0.15, 0.2) is 35.7 Å². The van der Waals surface area contributed by atoms with Crippen LogP contribution in [0.2, 0.25) is 0 Å². The molecule has 0 saturated heterocycles. The zero-order valence-electron chi connectivity index (χ0n) is 31.0. The summed E-state index contributed by atoms with van der Waals surface area (Å²) in [7, 11) is 1.73. The molecule has 0 N–H and O–H groups in total. The number of rotatable bonds is 17. The maximum Gasteiger partial charge on any atom is 0.216 e. The van der Waals surface area contributed by atoms with Crippen LogP contribution >= 0.6 is 0 Å². The Balaban J connectivity index is 0.00000481. The molecule has 0 atom stereocenters. The van der Waals surface area contributed by atoms with Crippen molar-refractivity contribution in [1.82, 2.24) is 0 Å². The van der Waals surface area contributed by atoms with E-state index in [1.165, 1.54) is 59.9 Å². The van der Waals surface area contributed by atoms with Gasteiger partial charge in [-0.2, -0.15) is 4.57 Å². The van der Waals surface area contributed by atoms with E-state index in [4.69, 9.17) is 18.9 Å². The Labute approximate surface area is 320 Å². The number of fused-ring (bicyclic) bond motifs is 4. The number of benzene rings is 5. The minimum Gasteiger partial charge on any atom is -1.00 e. The number of aromatic nitrogens is 1. The average molecular weight is 728 g/mol. The standard InChI is InChI=1S/C47H50NO4.ClH/c1-3-4-5-6-7-17-24-40-39-25-26-43(49-2)47(52-34-37-22-15-10-16-23-37)42(39)31-48-28-27-38-29-44(50-32-35-18-11-8-12-19-35)45(30-41(38)46(40)48)51-33-36-20-13-9-14-21-36;/h8-16,18-23,25-26,29-31H,3-7,17,24,27-28,32-34H2,1-2H3;1H/q+1;/p-1. The van der Waals surface area contributed by atoms with Crippen molar-refractivity contribution in [1.29, 1.82) is 0 Å². The number of aryl methyl sites for hydroxylation is 3. The first-order valence-electron chi connectivity index (χ1n) is 18.9. The van der Waals surface area contributed by atoms with E-state index in [1.807, 2.05) is 18.2 Å². The molecule has 6 aromatic rings. The summed E-state index contributed by atoms with van der Waals surface area (Å²) in [4.78, 5) is 0. The lowest BCUT2D eigenvalue weighted by atomic mass is 9.89. The zero-order chi connectivity index (χ0) is 35.5. The highest BCUT2D eigenvalue weighted by atomic mass is 35.5. The van der Waals surface area contributed by atoms with Gasteiger partial charge in [0.25, 0.3) is 0 Å². The van der Waals surface area contributed by atoms with Crippen LogP contribution in [0.15, 0.2) is 121 Å². The van der Waals surface area contributed by atoms with E-state index in [2.05, 4.69) is 115 Å². The molecule has 0 bridgehead atoms. The number of hydrogen-bond acceptors (Lipinski definition) is 4. The summed E-state index contributed by atoms with van der Waals surface area (Å²) < 4.78 is 28.1. The number of pyridine rings is 1. The number of hydrogen-bond donors (Lipinski definition) is 0. The molecule has 0 aliphatic carbocycles. The van der Waals surface area contributed by atoms with Gasteiger partial charge in [-0.3, -0.25) is 0 Å². The number of unbranched alkanes of at least 4 members (excludes halogenated alkanes) is 5. The first-order chi connectivity index (χ1) is 25.7. The van der Waals surface area contributed by atoms with Gasteiger partial charge in [-0.05, 0) is 59.4 Å². The molecule has 0 unspecified atom stereocenters. The van der Waals surface area contributed by atoms with Gasteiger partial charge >= 0.3 is 0 Å². The van der Waals surface area contributed by atoms with Gasteiger partial charge < -0.3 is 31.4 Å². The third-order valence-corrected chi connectivity index (χ3v) is 10.1.